The first-order valence-corrected chi connectivity index (χ1v) is 6.32. The lowest BCUT2D eigenvalue weighted by molar-refractivity contribution is 0.506. The van der Waals surface area contributed by atoms with Gasteiger partial charge < -0.3 is 5.32 Å². The molecular formula is C13H25N3. The SMILES string of the molecule is CCc1c(C)nn(CCCNC(C)C)c1C. The van der Waals surface area contributed by atoms with E-state index in [1.807, 2.05) is 0 Å². The number of rotatable bonds is 6. The zero-order valence-electron chi connectivity index (χ0n) is 11.3. The molecule has 0 saturated heterocycles. The molecule has 0 saturated carbocycles. The van der Waals surface area contributed by atoms with E-state index in [-0.39, 0.29) is 0 Å². The van der Waals surface area contributed by atoms with Crippen molar-refractivity contribution in [3.05, 3.63) is 17.0 Å². The molecule has 92 valence electrons. The van der Waals surface area contributed by atoms with E-state index in [1.54, 1.807) is 0 Å². The number of aryl methyl sites for hydroxylation is 2. The number of nitrogens with zero attached hydrogens (tertiary/aromatic N) is 2. The molecule has 0 aliphatic heterocycles. The van der Waals surface area contributed by atoms with Crippen molar-refractivity contribution in [3.63, 3.8) is 0 Å². The summed E-state index contributed by atoms with van der Waals surface area (Å²) in [7, 11) is 0. The van der Waals surface area contributed by atoms with Crippen molar-refractivity contribution in [2.24, 2.45) is 0 Å². The van der Waals surface area contributed by atoms with E-state index in [1.165, 1.54) is 17.0 Å². The second-order valence-electron chi connectivity index (χ2n) is 4.69. The van der Waals surface area contributed by atoms with Crippen molar-refractivity contribution >= 4 is 0 Å². The minimum Gasteiger partial charge on any atom is -0.314 e. The van der Waals surface area contributed by atoms with Crippen molar-refractivity contribution < 1.29 is 0 Å². The molecule has 0 atom stereocenters. The van der Waals surface area contributed by atoms with Crippen molar-refractivity contribution in [3.8, 4) is 0 Å². The summed E-state index contributed by atoms with van der Waals surface area (Å²) in [6.45, 7) is 12.9. The standard InChI is InChI=1S/C13H25N3/c1-6-13-11(4)15-16(12(13)5)9-7-8-14-10(2)3/h10,14H,6-9H2,1-5H3. The Balaban J connectivity index is 2.48. The molecule has 3 nitrogen and oxygen atoms in total. The van der Waals surface area contributed by atoms with Crippen LogP contribution in [0.3, 0.4) is 0 Å². The topological polar surface area (TPSA) is 29.9 Å². The van der Waals surface area contributed by atoms with Crippen molar-refractivity contribution in [2.45, 2.75) is 60.0 Å². The molecule has 1 rings (SSSR count). The second-order valence-corrected chi connectivity index (χ2v) is 4.69. The molecule has 0 unspecified atom stereocenters. The fraction of sp³-hybridized carbons (Fsp3) is 0.769. The van der Waals surface area contributed by atoms with Crippen LogP contribution in [0.5, 0.6) is 0 Å². The van der Waals surface area contributed by atoms with Crippen LogP contribution >= 0.6 is 0 Å². The lowest BCUT2D eigenvalue weighted by Gasteiger charge is -2.08. The van der Waals surface area contributed by atoms with Crippen LogP contribution in [-0.2, 0) is 13.0 Å². The third kappa shape index (κ3) is 3.34. The minimum absolute atomic E-state index is 0.576. The second kappa shape index (κ2) is 6.04. The van der Waals surface area contributed by atoms with Gasteiger partial charge in [-0.25, -0.2) is 0 Å². The molecule has 1 N–H and O–H groups in total. The van der Waals surface area contributed by atoms with Gasteiger partial charge in [-0.1, -0.05) is 20.8 Å². The maximum absolute atomic E-state index is 4.59. The van der Waals surface area contributed by atoms with Crippen LogP contribution in [0.1, 0.15) is 44.1 Å². The predicted molar refractivity (Wildman–Crippen MR) is 68.8 cm³/mol. The van der Waals surface area contributed by atoms with Gasteiger partial charge in [0.15, 0.2) is 0 Å². The monoisotopic (exact) mass is 223 g/mol. The number of aromatic nitrogens is 2. The summed E-state index contributed by atoms with van der Waals surface area (Å²) in [4.78, 5) is 0. The third-order valence-corrected chi connectivity index (χ3v) is 2.98. The van der Waals surface area contributed by atoms with Gasteiger partial charge in [0.2, 0.25) is 0 Å². The van der Waals surface area contributed by atoms with E-state index >= 15 is 0 Å². The Kier molecular flexibility index (Phi) is 5.00. The highest BCUT2D eigenvalue weighted by molar-refractivity contribution is 5.24. The summed E-state index contributed by atoms with van der Waals surface area (Å²) >= 11 is 0. The van der Waals surface area contributed by atoms with Gasteiger partial charge in [0.05, 0.1) is 5.69 Å². The molecule has 1 aromatic heterocycles. The number of hydrogen-bond acceptors (Lipinski definition) is 2. The van der Waals surface area contributed by atoms with Gasteiger partial charge >= 0.3 is 0 Å². The molecule has 0 aliphatic carbocycles. The first-order chi connectivity index (χ1) is 7.56. The van der Waals surface area contributed by atoms with Gasteiger partial charge in [-0.15, -0.1) is 0 Å². The molecule has 0 bridgehead atoms. The van der Waals surface area contributed by atoms with Crippen LogP contribution < -0.4 is 5.32 Å². The van der Waals surface area contributed by atoms with Gasteiger partial charge in [-0.3, -0.25) is 4.68 Å². The maximum Gasteiger partial charge on any atom is 0.0628 e. The van der Waals surface area contributed by atoms with Crippen LogP contribution in [0.2, 0.25) is 0 Å². The van der Waals surface area contributed by atoms with Crippen molar-refractivity contribution in [2.75, 3.05) is 6.54 Å². The van der Waals surface area contributed by atoms with E-state index in [2.05, 4.69) is 49.7 Å². The lowest BCUT2D eigenvalue weighted by Crippen LogP contribution is -2.24. The van der Waals surface area contributed by atoms with E-state index in [0.717, 1.165) is 25.9 Å². The van der Waals surface area contributed by atoms with Crippen molar-refractivity contribution in [1.29, 1.82) is 0 Å². The number of hydrogen-bond donors (Lipinski definition) is 1. The molecule has 3 heteroatoms. The van der Waals surface area contributed by atoms with Gasteiger partial charge in [0, 0.05) is 18.3 Å². The van der Waals surface area contributed by atoms with Crippen LogP contribution in [-0.4, -0.2) is 22.4 Å². The fourth-order valence-corrected chi connectivity index (χ4v) is 2.08. The van der Waals surface area contributed by atoms with Crippen molar-refractivity contribution in [1.82, 2.24) is 15.1 Å². The normalized spacial score (nSPS) is 11.4. The van der Waals surface area contributed by atoms with Crippen LogP contribution in [0.25, 0.3) is 0 Å². The Bertz CT molecular complexity index is 326. The molecule has 0 aromatic carbocycles. The summed E-state index contributed by atoms with van der Waals surface area (Å²) in [5, 5.41) is 8.02. The van der Waals surface area contributed by atoms with Crippen LogP contribution in [0.15, 0.2) is 0 Å². The van der Waals surface area contributed by atoms with Gasteiger partial charge in [-0.05, 0) is 38.8 Å². The summed E-state index contributed by atoms with van der Waals surface area (Å²) in [5.74, 6) is 0. The highest BCUT2D eigenvalue weighted by atomic mass is 15.3. The highest BCUT2D eigenvalue weighted by Crippen LogP contribution is 2.13. The Labute approximate surface area is 99.2 Å². The fourth-order valence-electron chi connectivity index (χ4n) is 2.08. The summed E-state index contributed by atoms with van der Waals surface area (Å²) in [6.07, 6.45) is 2.23. The third-order valence-electron chi connectivity index (χ3n) is 2.98. The van der Waals surface area contributed by atoms with E-state index in [0.29, 0.717) is 6.04 Å². The molecule has 16 heavy (non-hydrogen) atoms. The van der Waals surface area contributed by atoms with Crippen LogP contribution in [0, 0.1) is 13.8 Å². The smallest absolute Gasteiger partial charge is 0.0628 e. The lowest BCUT2D eigenvalue weighted by atomic mass is 10.1. The maximum atomic E-state index is 4.59. The molecule has 0 spiro atoms. The quantitative estimate of drug-likeness (QED) is 0.751. The molecule has 0 aliphatic rings. The Morgan fingerprint density at radius 2 is 2.00 bits per heavy atom. The molecule has 0 fully saturated rings. The van der Waals surface area contributed by atoms with Gasteiger partial charge in [0.1, 0.15) is 0 Å². The van der Waals surface area contributed by atoms with E-state index in [9.17, 15) is 0 Å². The van der Waals surface area contributed by atoms with Gasteiger partial charge in [0.25, 0.3) is 0 Å². The first-order valence-electron chi connectivity index (χ1n) is 6.32. The number of nitrogens with one attached hydrogen (secondary N) is 1. The average Bonchev–Trinajstić information content (AvgIpc) is 2.48. The Hall–Kier alpha value is -0.830. The Morgan fingerprint density at radius 3 is 2.50 bits per heavy atom. The first kappa shape index (κ1) is 13.2. The largest absolute Gasteiger partial charge is 0.314 e. The zero-order valence-corrected chi connectivity index (χ0v) is 11.3. The highest BCUT2D eigenvalue weighted by Gasteiger charge is 2.08. The van der Waals surface area contributed by atoms with Gasteiger partial charge in [-0.2, -0.15) is 5.10 Å². The van der Waals surface area contributed by atoms with Crippen LogP contribution in [0.4, 0.5) is 0 Å². The summed E-state index contributed by atoms with van der Waals surface area (Å²) < 4.78 is 2.15. The molecular weight excluding hydrogens is 198 g/mol. The van der Waals surface area contributed by atoms with E-state index in [4.69, 9.17) is 0 Å². The minimum atomic E-state index is 0.576. The summed E-state index contributed by atoms with van der Waals surface area (Å²) in [5.41, 5.74) is 3.94. The average molecular weight is 223 g/mol. The molecule has 1 aromatic rings. The zero-order chi connectivity index (χ0) is 12.1. The summed E-state index contributed by atoms with van der Waals surface area (Å²) in [6, 6.07) is 0.576. The Morgan fingerprint density at radius 1 is 1.31 bits per heavy atom. The molecule has 0 radical (unpaired) electrons. The van der Waals surface area contributed by atoms with E-state index < -0.39 is 0 Å². The molecule has 1 heterocycles. The molecule has 0 amide bonds. The predicted octanol–water partition coefficient (Wildman–Crippen LogP) is 2.45.